The molecular weight excluding hydrogens is 328 g/mol. The number of aromatic hydroxyl groups is 1. The zero-order valence-electron chi connectivity index (χ0n) is 12.6. The van der Waals surface area contributed by atoms with E-state index >= 15 is 0 Å². The number of rotatable bonds is 2. The molecule has 1 aromatic heterocycles. The Bertz CT molecular complexity index is 809. The molecule has 1 fully saturated rings. The number of nitrogens with zero attached hydrogens (tertiary/aromatic N) is 2. The maximum atomic E-state index is 12.6. The average Bonchev–Trinajstić information content (AvgIpc) is 2.80. The van der Waals surface area contributed by atoms with Crippen molar-refractivity contribution in [2.45, 2.75) is 13.8 Å². The van der Waals surface area contributed by atoms with E-state index in [1.54, 1.807) is 30.6 Å². The van der Waals surface area contributed by atoms with Gasteiger partial charge in [0.25, 0.3) is 5.91 Å². The molecule has 2 heterocycles. The van der Waals surface area contributed by atoms with Crippen LogP contribution in [0.25, 0.3) is 6.08 Å². The molecule has 23 heavy (non-hydrogen) atoms. The fourth-order valence-electron chi connectivity index (χ4n) is 2.40. The molecule has 1 N–H and O–H groups in total. The first-order chi connectivity index (χ1) is 11.0. The Hall–Kier alpha value is -2.18. The van der Waals surface area contributed by atoms with E-state index in [-0.39, 0.29) is 11.7 Å². The van der Waals surface area contributed by atoms with Crippen molar-refractivity contribution in [3.8, 4) is 5.75 Å². The highest BCUT2D eigenvalue weighted by atomic mass is 32.2. The van der Waals surface area contributed by atoms with Gasteiger partial charge in [0.05, 0.1) is 16.8 Å². The van der Waals surface area contributed by atoms with Crippen molar-refractivity contribution in [3.63, 3.8) is 0 Å². The number of phenols is 1. The van der Waals surface area contributed by atoms with Gasteiger partial charge in [-0.05, 0) is 60.9 Å². The molecule has 1 amide bonds. The summed E-state index contributed by atoms with van der Waals surface area (Å²) < 4.78 is 0.487. The van der Waals surface area contributed by atoms with Crippen molar-refractivity contribution in [2.24, 2.45) is 0 Å². The van der Waals surface area contributed by atoms with Crippen LogP contribution in [0.3, 0.4) is 0 Å². The smallest absolute Gasteiger partial charge is 0.270 e. The van der Waals surface area contributed by atoms with Gasteiger partial charge in [-0.3, -0.25) is 14.7 Å². The zero-order valence-corrected chi connectivity index (χ0v) is 14.2. The number of carbonyl (C=O) groups is 1. The summed E-state index contributed by atoms with van der Waals surface area (Å²) in [6, 6.07) is 7.26. The summed E-state index contributed by atoms with van der Waals surface area (Å²) in [6.07, 6.45) is 5.07. The van der Waals surface area contributed by atoms with E-state index in [0.29, 0.717) is 14.9 Å². The molecule has 2 aromatic rings. The van der Waals surface area contributed by atoms with E-state index in [9.17, 15) is 9.90 Å². The fraction of sp³-hybridized carbons (Fsp3) is 0.118. The zero-order chi connectivity index (χ0) is 16.6. The Balaban J connectivity index is 1.96. The second kappa shape index (κ2) is 6.14. The lowest BCUT2D eigenvalue weighted by molar-refractivity contribution is -0.113. The maximum absolute atomic E-state index is 12.6. The minimum Gasteiger partial charge on any atom is -0.507 e. The topological polar surface area (TPSA) is 53.4 Å². The van der Waals surface area contributed by atoms with Crippen LogP contribution in [0, 0.1) is 13.8 Å². The van der Waals surface area contributed by atoms with Crippen molar-refractivity contribution in [2.75, 3.05) is 4.90 Å². The van der Waals surface area contributed by atoms with Crippen LogP contribution in [0.5, 0.6) is 5.75 Å². The van der Waals surface area contributed by atoms with Gasteiger partial charge in [-0.1, -0.05) is 24.0 Å². The van der Waals surface area contributed by atoms with Gasteiger partial charge in [-0.2, -0.15) is 0 Å². The quantitative estimate of drug-likeness (QED) is 0.664. The monoisotopic (exact) mass is 342 g/mol. The molecule has 0 spiro atoms. The van der Waals surface area contributed by atoms with Gasteiger partial charge in [-0.25, -0.2) is 0 Å². The molecule has 116 valence electrons. The number of benzene rings is 1. The highest BCUT2D eigenvalue weighted by Crippen LogP contribution is 2.36. The second-order valence-electron chi connectivity index (χ2n) is 5.23. The van der Waals surface area contributed by atoms with Crippen LogP contribution < -0.4 is 4.90 Å². The Morgan fingerprint density at radius 3 is 2.61 bits per heavy atom. The third-order valence-corrected chi connectivity index (χ3v) is 4.81. The fourth-order valence-corrected chi connectivity index (χ4v) is 3.70. The summed E-state index contributed by atoms with van der Waals surface area (Å²) in [5, 5.41) is 9.85. The van der Waals surface area contributed by atoms with Gasteiger partial charge >= 0.3 is 0 Å². The first-order valence-electron chi connectivity index (χ1n) is 6.95. The van der Waals surface area contributed by atoms with Crippen molar-refractivity contribution in [3.05, 3.63) is 58.3 Å². The Morgan fingerprint density at radius 1 is 1.30 bits per heavy atom. The number of carbonyl (C=O) groups excluding carboxylic acids is 1. The Kier molecular flexibility index (Phi) is 4.19. The first-order valence-corrected chi connectivity index (χ1v) is 8.18. The molecule has 0 saturated carbocycles. The van der Waals surface area contributed by atoms with Crippen LogP contribution >= 0.6 is 24.0 Å². The van der Waals surface area contributed by atoms with Crippen molar-refractivity contribution in [1.29, 1.82) is 0 Å². The normalized spacial score (nSPS) is 16.4. The number of thioether (sulfide) groups is 1. The molecule has 1 aliphatic heterocycles. The summed E-state index contributed by atoms with van der Waals surface area (Å²) in [6.45, 7) is 3.67. The summed E-state index contributed by atoms with van der Waals surface area (Å²) in [7, 11) is 0. The standard InChI is InChI=1S/C17H14N2O2S2/c1-10-6-12(7-11(2)15(10)20)8-14-16(21)19(17(22)23-14)13-4-3-5-18-9-13/h3-9,20H,1-2H3. The van der Waals surface area contributed by atoms with E-state index in [1.165, 1.54) is 16.7 Å². The number of phenolic OH excluding ortho intramolecular Hbond substituents is 1. The number of aryl methyl sites for hydroxylation is 2. The van der Waals surface area contributed by atoms with E-state index in [0.717, 1.165) is 16.7 Å². The van der Waals surface area contributed by atoms with Gasteiger partial charge in [0.2, 0.25) is 0 Å². The molecular formula is C17H14N2O2S2. The highest BCUT2D eigenvalue weighted by Gasteiger charge is 2.33. The SMILES string of the molecule is Cc1cc(C=C2SC(=S)N(c3cccnc3)C2=O)cc(C)c1O. The van der Waals surface area contributed by atoms with E-state index in [4.69, 9.17) is 12.2 Å². The Morgan fingerprint density at radius 2 is 2.00 bits per heavy atom. The molecule has 1 aliphatic rings. The van der Waals surface area contributed by atoms with Crippen molar-refractivity contribution >= 4 is 46.0 Å². The third kappa shape index (κ3) is 3.00. The lowest BCUT2D eigenvalue weighted by Gasteiger charge is -2.13. The largest absolute Gasteiger partial charge is 0.507 e. The molecule has 0 unspecified atom stereocenters. The molecule has 4 nitrogen and oxygen atoms in total. The Labute approximate surface area is 143 Å². The number of amides is 1. The number of aromatic nitrogens is 1. The van der Waals surface area contributed by atoms with Crippen LogP contribution in [0.1, 0.15) is 16.7 Å². The molecule has 1 aromatic carbocycles. The molecule has 1 saturated heterocycles. The molecule has 0 atom stereocenters. The lowest BCUT2D eigenvalue weighted by atomic mass is 10.1. The molecule has 6 heteroatoms. The molecule has 0 aliphatic carbocycles. The number of thiocarbonyl (C=S) groups is 1. The van der Waals surface area contributed by atoms with Gasteiger partial charge in [0.15, 0.2) is 4.32 Å². The summed E-state index contributed by atoms with van der Waals surface area (Å²) >= 11 is 6.59. The van der Waals surface area contributed by atoms with E-state index in [2.05, 4.69) is 4.98 Å². The number of hydrogen-bond donors (Lipinski definition) is 1. The number of pyridine rings is 1. The predicted octanol–water partition coefficient (Wildman–Crippen LogP) is 3.81. The minimum atomic E-state index is -0.156. The van der Waals surface area contributed by atoms with Crippen molar-refractivity contribution < 1.29 is 9.90 Å². The van der Waals surface area contributed by atoms with E-state index < -0.39 is 0 Å². The summed E-state index contributed by atoms with van der Waals surface area (Å²) in [5.74, 6) is 0.126. The van der Waals surface area contributed by atoms with Gasteiger partial charge in [-0.15, -0.1) is 0 Å². The van der Waals surface area contributed by atoms with Crippen LogP contribution in [-0.4, -0.2) is 20.3 Å². The van der Waals surface area contributed by atoms with Crippen molar-refractivity contribution in [1.82, 2.24) is 4.98 Å². The van der Waals surface area contributed by atoms with Gasteiger partial charge in [0.1, 0.15) is 5.75 Å². The van der Waals surface area contributed by atoms with Gasteiger partial charge in [0, 0.05) is 6.20 Å². The average molecular weight is 342 g/mol. The highest BCUT2D eigenvalue weighted by molar-refractivity contribution is 8.27. The molecule has 0 bridgehead atoms. The summed E-state index contributed by atoms with van der Waals surface area (Å²) in [4.78, 5) is 18.7. The molecule has 0 radical (unpaired) electrons. The lowest BCUT2D eigenvalue weighted by Crippen LogP contribution is -2.27. The maximum Gasteiger partial charge on any atom is 0.270 e. The number of anilines is 1. The molecule has 3 rings (SSSR count). The first kappa shape index (κ1) is 15.7. The van der Waals surface area contributed by atoms with E-state index in [1.807, 2.05) is 26.0 Å². The van der Waals surface area contributed by atoms with Crippen LogP contribution in [-0.2, 0) is 4.79 Å². The second-order valence-corrected chi connectivity index (χ2v) is 6.91. The van der Waals surface area contributed by atoms with Crippen LogP contribution in [0.4, 0.5) is 5.69 Å². The predicted molar refractivity (Wildman–Crippen MR) is 97.5 cm³/mol. The van der Waals surface area contributed by atoms with Crippen LogP contribution in [0.2, 0.25) is 0 Å². The van der Waals surface area contributed by atoms with Gasteiger partial charge < -0.3 is 5.11 Å². The summed E-state index contributed by atoms with van der Waals surface area (Å²) in [5.41, 5.74) is 3.08. The number of hydrogen-bond acceptors (Lipinski definition) is 5. The van der Waals surface area contributed by atoms with Crippen LogP contribution in [0.15, 0.2) is 41.6 Å². The third-order valence-electron chi connectivity index (χ3n) is 3.51. The minimum absolute atomic E-state index is 0.156.